The summed E-state index contributed by atoms with van der Waals surface area (Å²) in [6.07, 6.45) is 2.93. The van der Waals surface area contributed by atoms with Gasteiger partial charge in [0.1, 0.15) is 11.5 Å². The van der Waals surface area contributed by atoms with Gasteiger partial charge in [0.25, 0.3) is 0 Å². The SMILES string of the molecule is COc1ccc(CN2C3CCCC(=O)C32)c(OC)c1. The molecule has 4 nitrogen and oxygen atoms in total. The van der Waals surface area contributed by atoms with Crippen molar-refractivity contribution in [1.82, 2.24) is 4.90 Å². The summed E-state index contributed by atoms with van der Waals surface area (Å²) in [5, 5.41) is 0. The third kappa shape index (κ3) is 2.21. The maximum absolute atomic E-state index is 11.8. The second-order valence-corrected chi connectivity index (χ2v) is 5.22. The Morgan fingerprint density at radius 3 is 2.84 bits per heavy atom. The van der Waals surface area contributed by atoms with E-state index in [-0.39, 0.29) is 6.04 Å². The Morgan fingerprint density at radius 1 is 1.32 bits per heavy atom. The van der Waals surface area contributed by atoms with Gasteiger partial charge in [-0.15, -0.1) is 0 Å². The molecule has 1 saturated carbocycles. The molecule has 4 heteroatoms. The van der Waals surface area contributed by atoms with E-state index >= 15 is 0 Å². The maximum atomic E-state index is 11.8. The van der Waals surface area contributed by atoms with Crippen molar-refractivity contribution in [3.05, 3.63) is 23.8 Å². The van der Waals surface area contributed by atoms with Crippen LogP contribution in [0.2, 0.25) is 0 Å². The topological polar surface area (TPSA) is 38.5 Å². The van der Waals surface area contributed by atoms with Crippen LogP contribution >= 0.6 is 0 Å². The van der Waals surface area contributed by atoms with E-state index in [1.54, 1.807) is 14.2 Å². The molecule has 102 valence electrons. The Hall–Kier alpha value is -1.55. The predicted molar refractivity (Wildman–Crippen MR) is 71.5 cm³/mol. The van der Waals surface area contributed by atoms with Gasteiger partial charge in [-0.25, -0.2) is 0 Å². The van der Waals surface area contributed by atoms with Crippen molar-refractivity contribution in [2.75, 3.05) is 14.2 Å². The molecule has 1 aromatic carbocycles. The molecule has 2 fully saturated rings. The predicted octanol–water partition coefficient (Wildman–Crippen LogP) is 2.01. The summed E-state index contributed by atoms with van der Waals surface area (Å²) in [4.78, 5) is 14.1. The summed E-state index contributed by atoms with van der Waals surface area (Å²) in [7, 11) is 3.31. The number of fused-ring (bicyclic) bond motifs is 1. The van der Waals surface area contributed by atoms with E-state index in [4.69, 9.17) is 9.47 Å². The first-order chi connectivity index (χ1) is 9.24. The van der Waals surface area contributed by atoms with Crippen molar-refractivity contribution >= 4 is 5.78 Å². The Kier molecular flexibility index (Phi) is 3.19. The standard InChI is InChI=1S/C15H19NO3/c1-18-11-7-6-10(14(8-11)19-2)9-16-12-4-3-5-13(17)15(12)16/h6-8,12,15H,3-5,9H2,1-2H3. The van der Waals surface area contributed by atoms with Crippen molar-refractivity contribution in [3.63, 3.8) is 0 Å². The van der Waals surface area contributed by atoms with Gasteiger partial charge in [0.05, 0.1) is 20.3 Å². The lowest BCUT2D eigenvalue weighted by Crippen LogP contribution is -2.15. The minimum absolute atomic E-state index is 0.167. The van der Waals surface area contributed by atoms with Gasteiger partial charge >= 0.3 is 0 Å². The van der Waals surface area contributed by atoms with Gasteiger partial charge in [-0.1, -0.05) is 6.07 Å². The number of rotatable bonds is 4. The van der Waals surface area contributed by atoms with Crippen LogP contribution in [-0.4, -0.2) is 37.0 Å². The molecule has 19 heavy (non-hydrogen) atoms. The molecule has 1 aliphatic heterocycles. The average molecular weight is 261 g/mol. The minimum Gasteiger partial charge on any atom is -0.497 e. The van der Waals surface area contributed by atoms with Crippen molar-refractivity contribution in [1.29, 1.82) is 0 Å². The molecule has 3 atom stereocenters. The molecular weight excluding hydrogens is 242 g/mol. The highest BCUT2D eigenvalue weighted by Gasteiger charge is 2.53. The molecule has 0 amide bonds. The van der Waals surface area contributed by atoms with Crippen LogP contribution in [0.4, 0.5) is 0 Å². The molecule has 3 unspecified atom stereocenters. The van der Waals surface area contributed by atoms with Crippen LogP contribution in [0.3, 0.4) is 0 Å². The van der Waals surface area contributed by atoms with E-state index < -0.39 is 0 Å². The lowest BCUT2D eigenvalue weighted by molar-refractivity contribution is -0.119. The van der Waals surface area contributed by atoms with Gasteiger partial charge < -0.3 is 9.47 Å². The summed E-state index contributed by atoms with van der Waals surface area (Å²) >= 11 is 0. The van der Waals surface area contributed by atoms with E-state index in [0.29, 0.717) is 11.8 Å². The molecule has 1 heterocycles. The van der Waals surface area contributed by atoms with Crippen LogP contribution in [0.15, 0.2) is 18.2 Å². The third-order valence-electron chi connectivity index (χ3n) is 4.16. The number of carbonyl (C=O) groups excluding carboxylic acids is 1. The first-order valence-electron chi connectivity index (χ1n) is 6.74. The number of carbonyl (C=O) groups is 1. The number of methoxy groups -OCH3 is 2. The highest BCUT2D eigenvalue weighted by molar-refractivity contribution is 5.88. The van der Waals surface area contributed by atoms with Crippen LogP contribution < -0.4 is 9.47 Å². The Bertz CT molecular complexity index is 500. The highest BCUT2D eigenvalue weighted by atomic mass is 16.5. The zero-order valence-corrected chi connectivity index (χ0v) is 11.4. The van der Waals surface area contributed by atoms with Gasteiger partial charge in [-0.2, -0.15) is 0 Å². The van der Waals surface area contributed by atoms with Gasteiger partial charge in [-0.05, 0) is 18.9 Å². The number of likely N-dealkylation sites (tertiary alicyclic amines) is 1. The van der Waals surface area contributed by atoms with E-state index in [1.165, 1.54) is 0 Å². The number of ether oxygens (including phenoxy) is 2. The molecule has 3 rings (SSSR count). The third-order valence-corrected chi connectivity index (χ3v) is 4.16. The van der Waals surface area contributed by atoms with Gasteiger partial charge in [0, 0.05) is 30.6 Å². The average Bonchev–Trinajstić information content (AvgIpc) is 3.14. The van der Waals surface area contributed by atoms with E-state index in [2.05, 4.69) is 4.90 Å². The number of hydrogen-bond acceptors (Lipinski definition) is 4. The fraction of sp³-hybridized carbons (Fsp3) is 0.533. The molecule has 0 N–H and O–H groups in total. The fourth-order valence-corrected chi connectivity index (χ4v) is 3.08. The summed E-state index contributed by atoms with van der Waals surface area (Å²) in [6, 6.07) is 6.48. The van der Waals surface area contributed by atoms with Gasteiger partial charge in [-0.3, -0.25) is 9.69 Å². The quantitative estimate of drug-likeness (QED) is 0.777. The maximum Gasteiger partial charge on any atom is 0.151 e. The largest absolute Gasteiger partial charge is 0.497 e. The van der Waals surface area contributed by atoms with Crippen molar-refractivity contribution in [2.24, 2.45) is 0 Å². The molecule has 1 aliphatic carbocycles. The number of ketones is 1. The number of hydrogen-bond donors (Lipinski definition) is 0. The number of benzene rings is 1. The molecule has 0 spiro atoms. The summed E-state index contributed by atoms with van der Waals surface area (Å²) in [6.45, 7) is 0.786. The number of Topliss-reactive ketones (excluding diaryl/α,β-unsaturated/α-hetero) is 1. The zero-order valence-electron chi connectivity index (χ0n) is 11.4. The second kappa shape index (κ2) is 4.85. The van der Waals surface area contributed by atoms with Crippen LogP contribution in [0.1, 0.15) is 24.8 Å². The summed E-state index contributed by atoms with van der Waals surface area (Å²) in [5.41, 5.74) is 1.12. The minimum atomic E-state index is 0.167. The Balaban J connectivity index is 1.75. The Labute approximate surface area is 113 Å². The van der Waals surface area contributed by atoms with E-state index in [0.717, 1.165) is 42.9 Å². The molecular formula is C15H19NO3. The monoisotopic (exact) mass is 261 g/mol. The molecule has 2 aliphatic rings. The molecule has 0 radical (unpaired) electrons. The smallest absolute Gasteiger partial charge is 0.151 e. The van der Waals surface area contributed by atoms with Gasteiger partial charge in [0.2, 0.25) is 0 Å². The molecule has 1 aromatic rings. The Morgan fingerprint density at radius 2 is 2.16 bits per heavy atom. The normalized spacial score (nSPS) is 28.7. The van der Waals surface area contributed by atoms with Crippen LogP contribution in [0, 0.1) is 0 Å². The van der Waals surface area contributed by atoms with Crippen LogP contribution in [0.25, 0.3) is 0 Å². The first kappa shape index (κ1) is 12.5. The molecule has 0 aromatic heterocycles. The summed E-state index contributed by atoms with van der Waals surface area (Å²) < 4.78 is 10.6. The van der Waals surface area contributed by atoms with Gasteiger partial charge in [0.15, 0.2) is 5.78 Å². The van der Waals surface area contributed by atoms with E-state index in [1.807, 2.05) is 18.2 Å². The molecule has 1 saturated heterocycles. The molecule has 0 bridgehead atoms. The van der Waals surface area contributed by atoms with Crippen LogP contribution in [-0.2, 0) is 11.3 Å². The lowest BCUT2D eigenvalue weighted by atomic mass is 10.00. The summed E-state index contributed by atoms with van der Waals surface area (Å²) in [5.74, 6) is 2.03. The van der Waals surface area contributed by atoms with E-state index in [9.17, 15) is 4.79 Å². The van der Waals surface area contributed by atoms with Crippen molar-refractivity contribution < 1.29 is 14.3 Å². The van der Waals surface area contributed by atoms with Crippen molar-refractivity contribution in [2.45, 2.75) is 37.9 Å². The first-order valence-corrected chi connectivity index (χ1v) is 6.74. The highest BCUT2D eigenvalue weighted by Crippen LogP contribution is 2.40. The zero-order chi connectivity index (χ0) is 13.4. The fourth-order valence-electron chi connectivity index (χ4n) is 3.08. The number of nitrogens with zero attached hydrogens (tertiary/aromatic N) is 1. The van der Waals surface area contributed by atoms with Crippen LogP contribution in [0.5, 0.6) is 11.5 Å². The lowest BCUT2D eigenvalue weighted by Gasteiger charge is -2.11. The second-order valence-electron chi connectivity index (χ2n) is 5.22. The van der Waals surface area contributed by atoms with Crippen molar-refractivity contribution in [3.8, 4) is 11.5 Å².